The average molecular weight is 290 g/mol. The summed E-state index contributed by atoms with van der Waals surface area (Å²) in [5, 5.41) is 2.07. The SMILES string of the molecule is C=C(C)c1cc2cc3c(=O)c4ccccc4oc3c(C)c2o1. The highest BCUT2D eigenvalue weighted by atomic mass is 16.3. The Hall–Kier alpha value is -2.81. The Morgan fingerprint density at radius 2 is 1.82 bits per heavy atom. The van der Waals surface area contributed by atoms with E-state index in [1.165, 1.54) is 0 Å². The minimum Gasteiger partial charge on any atom is -0.456 e. The molecule has 0 aliphatic rings. The Labute approximate surface area is 126 Å². The van der Waals surface area contributed by atoms with E-state index >= 15 is 0 Å². The van der Waals surface area contributed by atoms with Crippen LogP contribution in [0.3, 0.4) is 0 Å². The van der Waals surface area contributed by atoms with Gasteiger partial charge in [-0.05, 0) is 43.7 Å². The molecule has 108 valence electrons. The molecule has 0 unspecified atom stereocenters. The van der Waals surface area contributed by atoms with Crippen LogP contribution in [0.5, 0.6) is 0 Å². The standard InChI is InChI=1S/C19H14O3/c1-10(2)16-9-12-8-14-17(20)13-6-4-5-7-15(13)21-19(14)11(3)18(12)22-16/h4-9H,1H2,2-3H3. The van der Waals surface area contributed by atoms with Crippen LogP contribution < -0.4 is 5.43 Å². The van der Waals surface area contributed by atoms with E-state index in [0.717, 1.165) is 27.9 Å². The van der Waals surface area contributed by atoms with Gasteiger partial charge in [-0.2, -0.15) is 0 Å². The van der Waals surface area contributed by atoms with Crippen LogP contribution in [0.15, 0.2) is 56.6 Å². The second-order valence-electron chi connectivity index (χ2n) is 5.61. The van der Waals surface area contributed by atoms with Crippen molar-refractivity contribution in [2.45, 2.75) is 13.8 Å². The van der Waals surface area contributed by atoms with Gasteiger partial charge in [-0.15, -0.1) is 0 Å². The quantitative estimate of drug-likeness (QED) is 0.461. The Kier molecular flexibility index (Phi) is 2.54. The van der Waals surface area contributed by atoms with Gasteiger partial charge in [0, 0.05) is 10.9 Å². The van der Waals surface area contributed by atoms with Crippen molar-refractivity contribution in [1.29, 1.82) is 0 Å². The summed E-state index contributed by atoms with van der Waals surface area (Å²) in [5.41, 5.74) is 3.59. The molecule has 0 N–H and O–H groups in total. The van der Waals surface area contributed by atoms with Crippen molar-refractivity contribution < 1.29 is 8.83 Å². The smallest absolute Gasteiger partial charge is 0.200 e. The zero-order valence-electron chi connectivity index (χ0n) is 12.4. The molecule has 2 aromatic carbocycles. The summed E-state index contributed by atoms with van der Waals surface area (Å²) < 4.78 is 11.8. The van der Waals surface area contributed by atoms with E-state index in [4.69, 9.17) is 8.83 Å². The van der Waals surface area contributed by atoms with Gasteiger partial charge in [0.05, 0.1) is 10.8 Å². The fourth-order valence-corrected chi connectivity index (χ4v) is 2.84. The summed E-state index contributed by atoms with van der Waals surface area (Å²) in [6.07, 6.45) is 0. The van der Waals surface area contributed by atoms with Gasteiger partial charge in [0.2, 0.25) is 5.43 Å². The summed E-state index contributed by atoms with van der Waals surface area (Å²) in [4.78, 5) is 12.7. The summed E-state index contributed by atoms with van der Waals surface area (Å²) in [5.74, 6) is 0.727. The van der Waals surface area contributed by atoms with E-state index in [0.29, 0.717) is 21.9 Å². The van der Waals surface area contributed by atoms with Crippen molar-refractivity contribution in [3.8, 4) is 0 Å². The molecule has 0 saturated carbocycles. The second kappa shape index (κ2) is 4.34. The average Bonchev–Trinajstić information content (AvgIpc) is 2.94. The largest absolute Gasteiger partial charge is 0.456 e. The first-order chi connectivity index (χ1) is 10.6. The van der Waals surface area contributed by atoms with Crippen molar-refractivity contribution in [2.75, 3.05) is 0 Å². The number of furan rings is 1. The minimum absolute atomic E-state index is 0.0140. The molecule has 3 nitrogen and oxygen atoms in total. The predicted octanol–water partition coefficient (Wildman–Crippen LogP) is 5.03. The Bertz CT molecular complexity index is 1130. The number of hydrogen-bond acceptors (Lipinski definition) is 3. The molecule has 2 aromatic heterocycles. The van der Waals surface area contributed by atoms with Gasteiger partial charge < -0.3 is 8.83 Å². The molecule has 0 saturated heterocycles. The Morgan fingerprint density at radius 1 is 1.05 bits per heavy atom. The van der Waals surface area contributed by atoms with Crippen LogP contribution in [-0.2, 0) is 0 Å². The number of fused-ring (bicyclic) bond motifs is 3. The van der Waals surface area contributed by atoms with Gasteiger partial charge in [0.15, 0.2) is 0 Å². The second-order valence-corrected chi connectivity index (χ2v) is 5.61. The van der Waals surface area contributed by atoms with Gasteiger partial charge in [-0.25, -0.2) is 0 Å². The number of aryl methyl sites for hydroxylation is 1. The highest BCUT2D eigenvalue weighted by Crippen LogP contribution is 2.32. The summed E-state index contributed by atoms with van der Waals surface area (Å²) in [6.45, 7) is 7.71. The maximum atomic E-state index is 12.7. The van der Waals surface area contributed by atoms with E-state index in [1.54, 1.807) is 12.1 Å². The van der Waals surface area contributed by atoms with Crippen LogP contribution in [0.4, 0.5) is 0 Å². The first-order valence-corrected chi connectivity index (χ1v) is 7.11. The van der Waals surface area contributed by atoms with Crippen molar-refractivity contribution in [1.82, 2.24) is 0 Å². The van der Waals surface area contributed by atoms with Crippen molar-refractivity contribution in [3.05, 3.63) is 64.5 Å². The lowest BCUT2D eigenvalue weighted by atomic mass is 10.1. The van der Waals surface area contributed by atoms with Gasteiger partial charge in [-0.1, -0.05) is 18.7 Å². The monoisotopic (exact) mass is 290 g/mol. The number of allylic oxidation sites excluding steroid dienone is 1. The molecular weight excluding hydrogens is 276 g/mol. The molecule has 3 heteroatoms. The zero-order valence-corrected chi connectivity index (χ0v) is 12.4. The van der Waals surface area contributed by atoms with E-state index in [9.17, 15) is 4.79 Å². The molecule has 4 aromatic rings. The normalized spacial score (nSPS) is 11.5. The third kappa shape index (κ3) is 1.65. The van der Waals surface area contributed by atoms with Gasteiger partial charge in [0.25, 0.3) is 0 Å². The van der Waals surface area contributed by atoms with Crippen LogP contribution in [-0.4, -0.2) is 0 Å². The van der Waals surface area contributed by atoms with Crippen molar-refractivity contribution in [2.24, 2.45) is 0 Å². The third-order valence-corrected chi connectivity index (χ3v) is 4.00. The van der Waals surface area contributed by atoms with Crippen LogP contribution in [0.2, 0.25) is 0 Å². The molecule has 0 amide bonds. The van der Waals surface area contributed by atoms with E-state index in [-0.39, 0.29) is 5.43 Å². The third-order valence-electron chi connectivity index (χ3n) is 4.00. The minimum atomic E-state index is -0.0140. The molecule has 0 radical (unpaired) electrons. The number of hydrogen-bond donors (Lipinski definition) is 0. The maximum Gasteiger partial charge on any atom is 0.200 e. The first-order valence-electron chi connectivity index (χ1n) is 7.11. The Morgan fingerprint density at radius 3 is 2.59 bits per heavy atom. The topological polar surface area (TPSA) is 43.4 Å². The fraction of sp³-hybridized carbons (Fsp3) is 0.105. The number of benzene rings is 2. The molecule has 0 atom stereocenters. The first kappa shape index (κ1) is 12.9. The highest BCUT2D eigenvalue weighted by molar-refractivity contribution is 6.01. The molecule has 22 heavy (non-hydrogen) atoms. The van der Waals surface area contributed by atoms with Gasteiger partial charge in [-0.3, -0.25) is 4.79 Å². The number of rotatable bonds is 1. The van der Waals surface area contributed by atoms with Crippen molar-refractivity contribution in [3.63, 3.8) is 0 Å². The summed E-state index contributed by atoms with van der Waals surface area (Å²) in [6, 6.07) is 11.0. The van der Waals surface area contributed by atoms with E-state index < -0.39 is 0 Å². The van der Waals surface area contributed by atoms with Crippen LogP contribution in [0, 0.1) is 6.92 Å². The molecule has 2 heterocycles. The van der Waals surface area contributed by atoms with Gasteiger partial charge >= 0.3 is 0 Å². The molecule has 4 rings (SSSR count). The lowest BCUT2D eigenvalue weighted by Gasteiger charge is -2.04. The van der Waals surface area contributed by atoms with Gasteiger partial charge in [0.1, 0.15) is 22.5 Å². The number of para-hydroxylation sites is 1. The maximum absolute atomic E-state index is 12.7. The van der Waals surface area contributed by atoms with Crippen LogP contribution >= 0.6 is 0 Å². The van der Waals surface area contributed by atoms with Crippen molar-refractivity contribution >= 4 is 38.5 Å². The van der Waals surface area contributed by atoms with Crippen LogP contribution in [0.1, 0.15) is 18.2 Å². The summed E-state index contributed by atoms with van der Waals surface area (Å²) >= 11 is 0. The molecule has 0 fully saturated rings. The molecular formula is C19H14O3. The molecule has 0 aliphatic heterocycles. The van der Waals surface area contributed by atoms with E-state index in [1.807, 2.05) is 38.1 Å². The lowest BCUT2D eigenvalue weighted by Crippen LogP contribution is -2.02. The Balaban J connectivity index is 2.24. The zero-order chi connectivity index (χ0) is 15.4. The van der Waals surface area contributed by atoms with E-state index in [2.05, 4.69) is 6.58 Å². The van der Waals surface area contributed by atoms with Crippen LogP contribution in [0.25, 0.3) is 38.5 Å². The molecule has 0 spiro atoms. The lowest BCUT2D eigenvalue weighted by molar-refractivity contribution is 0.594. The summed E-state index contributed by atoms with van der Waals surface area (Å²) in [7, 11) is 0. The predicted molar refractivity (Wildman–Crippen MR) is 89.2 cm³/mol. The fourth-order valence-electron chi connectivity index (χ4n) is 2.84. The molecule has 0 bridgehead atoms. The highest BCUT2D eigenvalue weighted by Gasteiger charge is 2.15. The molecule has 0 aliphatic carbocycles.